The summed E-state index contributed by atoms with van der Waals surface area (Å²) in [4.78, 5) is 14.5. The lowest BCUT2D eigenvalue weighted by Gasteiger charge is -2.81. The Morgan fingerprint density at radius 1 is 0.906 bits per heavy atom. The molecule has 5 atom stereocenters. The lowest BCUT2D eigenvalue weighted by molar-refractivity contribution is -0.324. The Kier molecular flexibility index (Phi) is 7.30. The molecule has 0 aliphatic heterocycles. The van der Waals surface area contributed by atoms with Crippen LogP contribution < -0.4 is 0 Å². The van der Waals surface area contributed by atoms with E-state index in [2.05, 4.69) is 18.7 Å². The number of ether oxygens (including phenoxy) is 1. The minimum Gasteiger partial charge on any atom is -0.466 e. The normalized spacial score (nSPS) is 38.5. The van der Waals surface area contributed by atoms with Crippen molar-refractivity contribution in [2.75, 3.05) is 39.5 Å². The zero-order valence-electron chi connectivity index (χ0n) is 20.7. The van der Waals surface area contributed by atoms with E-state index in [1.165, 1.54) is 51.4 Å². The van der Waals surface area contributed by atoms with Gasteiger partial charge in [-0.3, -0.25) is 4.79 Å². The molecule has 0 saturated heterocycles. The van der Waals surface area contributed by atoms with Gasteiger partial charge in [0.25, 0.3) is 0 Å². The molecule has 4 rings (SSSR count). The molecule has 5 heteroatoms. The van der Waals surface area contributed by atoms with Crippen molar-refractivity contribution in [3.8, 4) is 0 Å². The number of carbonyl (C=O) groups is 1. The molecule has 32 heavy (non-hydrogen) atoms. The van der Waals surface area contributed by atoms with Crippen LogP contribution in [0.15, 0.2) is 0 Å². The summed E-state index contributed by atoms with van der Waals surface area (Å²) in [6.07, 6.45) is 14.6. The standard InChI is InChI=1S/C27H47NO4/c1-3-28(4-2)13-5-9-23(31)32-16-8-10-24-17-22-18-25(11-6-14-29)21-26(19-24,12-7-15-30)27(22,25)20-24/h22,29-30H,3-21H2,1-2H3. The van der Waals surface area contributed by atoms with Crippen molar-refractivity contribution in [1.82, 2.24) is 4.90 Å². The van der Waals surface area contributed by atoms with E-state index in [9.17, 15) is 15.0 Å². The Morgan fingerprint density at radius 3 is 2.31 bits per heavy atom. The van der Waals surface area contributed by atoms with Gasteiger partial charge in [-0.15, -0.1) is 0 Å². The van der Waals surface area contributed by atoms with Gasteiger partial charge in [0.1, 0.15) is 0 Å². The Balaban J connectivity index is 1.26. The minimum atomic E-state index is -0.0336. The van der Waals surface area contributed by atoms with E-state index in [1.54, 1.807) is 0 Å². The van der Waals surface area contributed by atoms with Gasteiger partial charge in [-0.05, 0) is 124 Å². The van der Waals surface area contributed by atoms with Gasteiger partial charge >= 0.3 is 5.97 Å². The van der Waals surface area contributed by atoms with Crippen molar-refractivity contribution in [2.24, 2.45) is 27.6 Å². The number of rotatable bonds is 16. The summed E-state index contributed by atoms with van der Waals surface area (Å²) in [6.45, 7) is 8.58. The van der Waals surface area contributed by atoms with Gasteiger partial charge in [-0.1, -0.05) is 13.8 Å². The van der Waals surface area contributed by atoms with Crippen LogP contribution in [-0.2, 0) is 9.53 Å². The maximum absolute atomic E-state index is 12.2. The highest BCUT2D eigenvalue weighted by Crippen LogP contribution is 2.96. The second kappa shape index (κ2) is 9.54. The molecule has 4 aliphatic rings. The van der Waals surface area contributed by atoms with Crippen molar-refractivity contribution < 1.29 is 19.7 Å². The number of hydrogen-bond donors (Lipinski definition) is 2. The van der Waals surface area contributed by atoms with Crippen molar-refractivity contribution in [2.45, 2.75) is 97.3 Å². The predicted octanol–water partition coefficient (Wildman–Crippen LogP) is 4.54. The molecule has 5 nitrogen and oxygen atoms in total. The third-order valence-electron chi connectivity index (χ3n) is 10.4. The molecule has 4 aliphatic carbocycles. The van der Waals surface area contributed by atoms with Crippen LogP contribution in [0.25, 0.3) is 0 Å². The third-order valence-corrected chi connectivity index (χ3v) is 10.4. The topological polar surface area (TPSA) is 70.0 Å². The molecule has 0 amide bonds. The molecule has 2 bridgehead atoms. The molecule has 0 heterocycles. The van der Waals surface area contributed by atoms with Crippen molar-refractivity contribution in [3.63, 3.8) is 0 Å². The zero-order chi connectivity index (χ0) is 22.9. The van der Waals surface area contributed by atoms with Crippen LogP contribution in [0.3, 0.4) is 0 Å². The van der Waals surface area contributed by atoms with Gasteiger partial charge < -0.3 is 19.8 Å². The SMILES string of the molecule is CCN(CC)CCCC(=O)OCCCC12CC3CC4(CCCO)CC(CCCO)(C1)C34C2. The van der Waals surface area contributed by atoms with Crippen LogP contribution in [0.2, 0.25) is 0 Å². The number of esters is 1. The molecule has 2 N–H and O–H groups in total. The Morgan fingerprint density at radius 2 is 1.62 bits per heavy atom. The average Bonchev–Trinajstić information content (AvgIpc) is 3.23. The van der Waals surface area contributed by atoms with E-state index >= 15 is 0 Å². The molecule has 0 aromatic rings. The van der Waals surface area contributed by atoms with Gasteiger partial charge in [0.15, 0.2) is 0 Å². The maximum atomic E-state index is 12.2. The number of aliphatic hydroxyl groups is 2. The van der Waals surface area contributed by atoms with Gasteiger partial charge in [0, 0.05) is 19.6 Å². The molecule has 4 saturated carbocycles. The lowest BCUT2D eigenvalue weighted by Crippen LogP contribution is -2.74. The monoisotopic (exact) mass is 449 g/mol. The van der Waals surface area contributed by atoms with Crippen LogP contribution in [0.4, 0.5) is 0 Å². The number of hydrogen-bond acceptors (Lipinski definition) is 5. The highest BCUT2D eigenvalue weighted by molar-refractivity contribution is 5.69. The lowest BCUT2D eigenvalue weighted by atomic mass is 9.23. The van der Waals surface area contributed by atoms with E-state index in [1.807, 2.05) is 0 Å². The quantitative estimate of drug-likeness (QED) is 0.267. The number of carbonyl (C=O) groups excluding carboxylic acids is 1. The second-order valence-electron chi connectivity index (χ2n) is 11.8. The molecular formula is C27H47NO4. The Hall–Kier alpha value is -0.650. The molecule has 1 spiro atoms. The van der Waals surface area contributed by atoms with Crippen LogP contribution in [0, 0.1) is 27.6 Å². The highest BCUT2D eigenvalue weighted by Gasteiger charge is 2.88. The van der Waals surface area contributed by atoms with Crippen LogP contribution >= 0.6 is 0 Å². The number of nitrogens with zero attached hydrogens (tertiary/aromatic N) is 1. The average molecular weight is 450 g/mol. The first-order chi connectivity index (χ1) is 15.4. The fraction of sp³-hybridized carbons (Fsp3) is 0.963. The highest BCUT2D eigenvalue weighted by atomic mass is 16.5. The third kappa shape index (κ3) is 3.75. The fourth-order valence-corrected chi connectivity index (χ4v) is 9.70. The summed E-state index contributed by atoms with van der Waals surface area (Å²) in [5.41, 5.74) is 1.89. The van der Waals surface area contributed by atoms with E-state index in [0.29, 0.717) is 47.9 Å². The summed E-state index contributed by atoms with van der Waals surface area (Å²) in [7, 11) is 0. The van der Waals surface area contributed by atoms with E-state index in [4.69, 9.17) is 4.74 Å². The van der Waals surface area contributed by atoms with E-state index < -0.39 is 0 Å². The van der Waals surface area contributed by atoms with Gasteiger partial charge in [-0.25, -0.2) is 0 Å². The second-order valence-corrected chi connectivity index (χ2v) is 11.8. The van der Waals surface area contributed by atoms with E-state index in [-0.39, 0.29) is 5.97 Å². The molecule has 184 valence electrons. The summed E-state index contributed by atoms with van der Waals surface area (Å²) in [5, 5.41) is 19.0. The summed E-state index contributed by atoms with van der Waals surface area (Å²) < 4.78 is 5.60. The van der Waals surface area contributed by atoms with Crippen molar-refractivity contribution in [1.29, 1.82) is 0 Å². The summed E-state index contributed by atoms with van der Waals surface area (Å²) >= 11 is 0. The molecular weight excluding hydrogens is 402 g/mol. The van der Waals surface area contributed by atoms with Crippen molar-refractivity contribution in [3.05, 3.63) is 0 Å². The van der Waals surface area contributed by atoms with E-state index in [0.717, 1.165) is 51.2 Å². The Bertz CT molecular complexity index is 666. The van der Waals surface area contributed by atoms with Crippen LogP contribution in [0.5, 0.6) is 0 Å². The largest absolute Gasteiger partial charge is 0.466 e. The maximum Gasteiger partial charge on any atom is 0.305 e. The molecule has 0 radical (unpaired) electrons. The Labute approximate surface area is 195 Å². The van der Waals surface area contributed by atoms with Gasteiger partial charge in [-0.2, -0.15) is 0 Å². The molecule has 0 aromatic carbocycles. The summed E-state index contributed by atoms with van der Waals surface area (Å²) in [6, 6.07) is 0. The zero-order valence-corrected chi connectivity index (χ0v) is 20.7. The summed E-state index contributed by atoms with van der Waals surface area (Å²) in [5.74, 6) is 0.832. The van der Waals surface area contributed by atoms with Crippen molar-refractivity contribution >= 4 is 5.97 Å². The van der Waals surface area contributed by atoms with Crippen LogP contribution in [-0.4, -0.2) is 60.5 Å². The fourth-order valence-electron chi connectivity index (χ4n) is 9.70. The van der Waals surface area contributed by atoms with Gasteiger partial charge in [0.05, 0.1) is 6.61 Å². The first kappa shape index (κ1) is 24.5. The smallest absolute Gasteiger partial charge is 0.305 e. The van der Waals surface area contributed by atoms with Gasteiger partial charge in [0.2, 0.25) is 0 Å². The molecule has 5 unspecified atom stereocenters. The first-order valence-electron chi connectivity index (χ1n) is 13.5. The molecule has 4 fully saturated rings. The predicted molar refractivity (Wildman–Crippen MR) is 126 cm³/mol. The molecule has 0 aromatic heterocycles. The number of fused-ring (bicyclic) bond motifs is 1. The first-order valence-corrected chi connectivity index (χ1v) is 13.5. The minimum absolute atomic E-state index is 0.0336. The van der Waals surface area contributed by atoms with Crippen LogP contribution in [0.1, 0.15) is 97.3 Å². The number of aliphatic hydroxyl groups excluding tert-OH is 2.